The zero-order chi connectivity index (χ0) is 14.5. The van der Waals surface area contributed by atoms with E-state index in [9.17, 15) is 18.0 Å². The number of carbonyl (C=O) groups excluding carboxylic acids is 2. The molecular formula is C11H13NO6S. The molecule has 19 heavy (non-hydrogen) atoms. The minimum absolute atomic E-state index is 0.0504. The topological polar surface area (TPSA) is 110 Å². The monoisotopic (exact) mass is 287 g/mol. The number of hydrogen-bond donors (Lipinski definition) is 2. The van der Waals surface area contributed by atoms with Gasteiger partial charge in [0.05, 0.1) is 7.11 Å². The number of amides is 1. The molecular weight excluding hydrogens is 274 g/mol. The first-order chi connectivity index (χ1) is 8.84. The molecule has 0 aliphatic heterocycles. The molecule has 1 rings (SSSR count). The van der Waals surface area contributed by atoms with Crippen LogP contribution >= 0.6 is 0 Å². The molecule has 104 valence electrons. The van der Waals surface area contributed by atoms with Gasteiger partial charge in [0.25, 0.3) is 0 Å². The van der Waals surface area contributed by atoms with Gasteiger partial charge < -0.3 is 10.1 Å². The van der Waals surface area contributed by atoms with Crippen molar-refractivity contribution in [3.8, 4) is 0 Å². The highest BCUT2D eigenvalue weighted by atomic mass is 32.2. The average Bonchev–Trinajstić information content (AvgIpc) is 2.37. The van der Waals surface area contributed by atoms with E-state index in [2.05, 4.69) is 4.74 Å². The Balaban J connectivity index is 2.85. The lowest BCUT2D eigenvalue weighted by Gasteiger charge is -2.15. The smallest absolute Gasteiger partial charge is 0.364 e. The van der Waals surface area contributed by atoms with Gasteiger partial charge in [-0.2, -0.15) is 8.42 Å². The van der Waals surface area contributed by atoms with Crippen molar-refractivity contribution < 1.29 is 27.3 Å². The predicted molar refractivity (Wildman–Crippen MR) is 66.0 cm³/mol. The van der Waals surface area contributed by atoms with Gasteiger partial charge in [-0.15, -0.1) is 0 Å². The highest BCUT2D eigenvalue weighted by molar-refractivity contribution is 8.01. The Morgan fingerprint density at radius 2 is 1.89 bits per heavy atom. The predicted octanol–water partition coefficient (Wildman–Crippen LogP) is 0.368. The molecule has 1 atom stereocenters. The van der Waals surface area contributed by atoms with Crippen molar-refractivity contribution in [2.24, 2.45) is 0 Å². The Hall–Kier alpha value is -1.93. The van der Waals surface area contributed by atoms with Crippen LogP contribution in [0.15, 0.2) is 30.3 Å². The fourth-order valence-corrected chi connectivity index (χ4v) is 1.69. The second-order valence-electron chi connectivity index (χ2n) is 3.67. The van der Waals surface area contributed by atoms with E-state index < -0.39 is 27.4 Å². The summed E-state index contributed by atoms with van der Waals surface area (Å²) in [6.07, 6.45) is 0.0504. The van der Waals surface area contributed by atoms with Gasteiger partial charge in [0.15, 0.2) is 0 Å². The number of rotatable bonds is 4. The molecule has 2 N–H and O–H groups in total. The second-order valence-corrected chi connectivity index (χ2v) is 4.99. The van der Waals surface area contributed by atoms with Crippen molar-refractivity contribution in [1.82, 2.24) is 5.32 Å². The summed E-state index contributed by atoms with van der Waals surface area (Å²) in [6.45, 7) is 0. The number of hydrogen-bond acceptors (Lipinski definition) is 5. The Morgan fingerprint density at radius 1 is 1.32 bits per heavy atom. The minimum atomic E-state index is -4.89. The Labute approximate surface area is 110 Å². The number of esters is 1. The van der Waals surface area contributed by atoms with Crippen LogP contribution in [0, 0.1) is 0 Å². The summed E-state index contributed by atoms with van der Waals surface area (Å²) in [5.74, 6) is -0.805. The molecule has 0 aromatic heterocycles. The van der Waals surface area contributed by atoms with Crippen LogP contribution in [0.5, 0.6) is 0 Å². The van der Waals surface area contributed by atoms with E-state index >= 15 is 0 Å². The first kappa shape index (κ1) is 15.1. The van der Waals surface area contributed by atoms with Crippen molar-refractivity contribution >= 4 is 21.3 Å². The van der Waals surface area contributed by atoms with E-state index in [1.807, 2.05) is 5.32 Å². The standard InChI is InChI=1S/C11H13NO6S/c1-18-10(13)9(12-11(14)19(15,16)17)7-8-5-3-2-4-6-8/h2-6,9H,7H2,1H3,(H,12,14)(H,15,16,17). The summed E-state index contributed by atoms with van der Waals surface area (Å²) in [5, 5.41) is 0.265. The number of nitrogens with one attached hydrogen (secondary N) is 1. The molecule has 0 spiro atoms. The molecule has 0 heterocycles. The van der Waals surface area contributed by atoms with Gasteiger partial charge in [-0.3, -0.25) is 9.35 Å². The van der Waals surface area contributed by atoms with Gasteiger partial charge in [0.2, 0.25) is 0 Å². The van der Waals surface area contributed by atoms with Gasteiger partial charge in [-0.1, -0.05) is 30.3 Å². The molecule has 7 nitrogen and oxygen atoms in total. The van der Waals surface area contributed by atoms with Crippen molar-refractivity contribution in [2.45, 2.75) is 12.5 Å². The average molecular weight is 287 g/mol. The third kappa shape index (κ3) is 4.68. The van der Waals surface area contributed by atoms with E-state index in [0.717, 1.165) is 7.11 Å². The number of benzene rings is 1. The first-order valence-corrected chi connectivity index (χ1v) is 6.68. The van der Waals surface area contributed by atoms with Crippen molar-refractivity contribution in [2.75, 3.05) is 7.11 Å². The van der Waals surface area contributed by atoms with Crippen LogP contribution in [0.3, 0.4) is 0 Å². The molecule has 0 aliphatic carbocycles. The van der Waals surface area contributed by atoms with Crippen LogP contribution in [-0.2, 0) is 26.1 Å². The van der Waals surface area contributed by atoms with E-state index in [1.165, 1.54) is 0 Å². The lowest BCUT2D eigenvalue weighted by molar-refractivity contribution is -0.142. The van der Waals surface area contributed by atoms with Crippen molar-refractivity contribution in [3.05, 3.63) is 35.9 Å². The number of methoxy groups -OCH3 is 1. The molecule has 0 aliphatic rings. The van der Waals surface area contributed by atoms with Gasteiger partial charge in [0.1, 0.15) is 6.04 Å². The van der Waals surface area contributed by atoms with Gasteiger partial charge in [-0.25, -0.2) is 4.79 Å². The van der Waals surface area contributed by atoms with Crippen LogP contribution in [0.1, 0.15) is 5.56 Å². The SMILES string of the molecule is COC(=O)C(Cc1ccccc1)NC(=O)S(=O)(=O)O. The molecule has 0 fully saturated rings. The van der Waals surface area contributed by atoms with E-state index in [0.29, 0.717) is 5.56 Å². The van der Waals surface area contributed by atoms with Gasteiger partial charge >= 0.3 is 21.3 Å². The summed E-state index contributed by atoms with van der Waals surface area (Å²) in [7, 11) is -3.78. The van der Waals surface area contributed by atoms with E-state index in [4.69, 9.17) is 4.55 Å². The molecule has 0 radical (unpaired) electrons. The van der Waals surface area contributed by atoms with Crippen molar-refractivity contribution in [1.29, 1.82) is 0 Å². The van der Waals surface area contributed by atoms with Crippen molar-refractivity contribution in [3.63, 3.8) is 0 Å². The maximum Gasteiger partial charge on any atom is 0.364 e. The molecule has 1 unspecified atom stereocenters. The Bertz CT molecular complexity index is 554. The van der Waals surface area contributed by atoms with Crippen LogP contribution < -0.4 is 5.32 Å². The summed E-state index contributed by atoms with van der Waals surface area (Å²) in [5.41, 5.74) is 0.702. The lowest BCUT2D eigenvalue weighted by Crippen LogP contribution is -2.44. The largest absolute Gasteiger partial charge is 0.467 e. The normalized spacial score (nSPS) is 12.5. The quantitative estimate of drug-likeness (QED) is 0.611. The van der Waals surface area contributed by atoms with E-state index in [-0.39, 0.29) is 6.42 Å². The van der Waals surface area contributed by atoms with Gasteiger partial charge in [-0.05, 0) is 5.56 Å². The van der Waals surface area contributed by atoms with Crippen LogP contribution in [-0.4, -0.2) is 37.3 Å². The third-order valence-corrected chi connectivity index (χ3v) is 2.88. The maximum atomic E-state index is 11.5. The number of ether oxygens (including phenoxy) is 1. The maximum absolute atomic E-state index is 11.5. The van der Waals surface area contributed by atoms with E-state index in [1.54, 1.807) is 30.3 Å². The summed E-state index contributed by atoms with van der Waals surface area (Å²) in [6, 6.07) is 7.45. The summed E-state index contributed by atoms with van der Waals surface area (Å²) >= 11 is 0. The van der Waals surface area contributed by atoms with Crippen LogP contribution in [0.25, 0.3) is 0 Å². The molecule has 8 heteroatoms. The lowest BCUT2D eigenvalue weighted by atomic mass is 10.1. The number of carbonyl (C=O) groups is 2. The molecule has 0 saturated heterocycles. The molecule has 0 bridgehead atoms. The zero-order valence-electron chi connectivity index (χ0n) is 10.1. The first-order valence-electron chi connectivity index (χ1n) is 5.24. The van der Waals surface area contributed by atoms with Crippen LogP contribution in [0.4, 0.5) is 4.79 Å². The van der Waals surface area contributed by atoms with Gasteiger partial charge in [0, 0.05) is 6.42 Å². The highest BCUT2D eigenvalue weighted by Gasteiger charge is 2.27. The Morgan fingerprint density at radius 3 is 2.37 bits per heavy atom. The summed E-state index contributed by atoms with van der Waals surface area (Å²) in [4.78, 5) is 22.6. The highest BCUT2D eigenvalue weighted by Crippen LogP contribution is 2.05. The van der Waals surface area contributed by atoms with Crippen LogP contribution in [0.2, 0.25) is 0 Å². The molecule has 1 aromatic rings. The second kappa shape index (κ2) is 6.30. The minimum Gasteiger partial charge on any atom is -0.467 e. The fourth-order valence-electron chi connectivity index (χ4n) is 1.40. The fraction of sp³-hybridized carbons (Fsp3) is 0.273. The third-order valence-electron chi connectivity index (χ3n) is 2.29. The molecule has 1 aromatic carbocycles. The molecule has 1 amide bonds. The zero-order valence-corrected chi connectivity index (χ0v) is 10.9. The molecule has 0 saturated carbocycles. The summed E-state index contributed by atoms with van der Waals surface area (Å²) < 4.78 is 34.3. The Kier molecular flexibility index (Phi) is 5.02.